The maximum atomic E-state index is 15.1. The highest BCUT2D eigenvalue weighted by Gasteiger charge is 2.44. The Kier molecular flexibility index (Phi) is 60.8. The molecule has 0 unspecified atom stereocenters. The standard InChI is InChI=1S/C96H166N30O23S/c1-13-54(9)76(125-90(144)70(47-74(100)130)122-80(134)59(110-56(11)128)30-21-23-38-97)93(147)126-42-27-34-72(126)92(146)123-71(49-127)91(145)121-68(45-52(5)6)88(142)120-67(44-51(3)4)87(141)116-64(33-26-41-107-96(103)104)85(139)112-60-28-19-17-15-16-18-20-29-61(115-89(143)69(46-57-48-105-50-108-57)119-77(131)55(10)109-79(133)65(117-83(60)137)35-36-73(99)129)82(136)114-63(32-25-40-106-95(101)102)84(138)113-62(31-22-24-39-98)81(135)111-58(14-2)78(132)118-66(37-43-150-12)86(140)124-75(53(7)8)94(148)149/h15-16,48,50-55,58-72,75-76,127H,13-14,17-47,49,97-98H2,1-12H3,(H2,99,129)(H2,100,130)(H,105,108)(H,109,133)(H,110,128)(H,111,135)(H,112,139)(H,113,138)(H,114,136)(H,115,143)(H,116,141)(H,117,137)(H,118,132)(H,119,131)(H,120,142)(H,121,145)(H,122,134)(H,123,146)(H,124,140)(H,125,144)(H,148,149)(H4,101,102,106)(H4,103,104,107)/b16-15-/t54-,55-,58-,59-,60-,61-,62-,63-,64-,65-,66-,67-,68-,69-,70-,71-,72-,75-,76-/m0/s1. The van der Waals surface area contributed by atoms with Gasteiger partial charge in [-0.2, -0.15) is 11.8 Å². The number of hydrogen-bond donors (Lipinski definition) is 28. The molecule has 53 nitrogen and oxygen atoms in total. The van der Waals surface area contributed by atoms with Gasteiger partial charge in [0.2, 0.25) is 118 Å². The Bertz CT molecular complexity index is 4690. The topological polar surface area (TPSA) is 868 Å². The number of guanidine groups is 2. The Morgan fingerprint density at radius 1 is 0.493 bits per heavy atom. The number of nitrogens with two attached hydrogens (primary N) is 8. The van der Waals surface area contributed by atoms with Crippen LogP contribution in [0.2, 0.25) is 0 Å². The number of imidazole rings is 1. The second kappa shape index (κ2) is 69.8. The Morgan fingerprint density at radius 2 is 0.953 bits per heavy atom. The summed E-state index contributed by atoms with van der Waals surface area (Å²) < 4.78 is 0. The van der Waals surface area contributed by atoms with Gasteiger partial charge in [0, 0.05) is 45.6 Å². The zero-order valence-corrected chi connectivity index (χ0v) is 89.2. The molecule has 20 amide bonds. The molecular weight excluding hydrogens is 1970 g/mol. The molecule has 0 bridgehead atoms. The fraction of sp³-hybridized carbons (Fsp3) is 0.708. The Morgan fingerprint density at radius 3 is 1.44 bits per heavy atom. The SMILES string of the molecule is CC[C@H](NC(=O)[C@H](CCCCN)NC(=O)[C@H](CCCN=C(N)N)NC(=O)[C@@H]1CCC/C=C\CCC[C@H](NC(=O)[C@H](CCCN=C(N)N)NC(=O)[C@H](CC(C)C)NC(=O)[C@H](CC(C)C)NC(=O)[C@H](CO)NC(=O)[C@@H]2CCCN2C(=O)[C@@H](NC(=O)[C@H](CC(N)=O)NC(=O)[C@H](CCCCN)NC(C)=O)[C@@H](C)CC)C(=O)N[C@@H](CCC(N)=O)C(=O)N[C@@H](C)C(=O)N[C@@H](Cc2c[nH]cn2)C(=O)N1)C(=O)N[C@@H](CCSC)C(=O)N[C@H](C(=O)O)C(C)C. The molecule has 3 heterocycles. The predicted octanol–water partition coefficient (Wildman–Crippen LogP) is -6.32. The van der Waals surface area contributed by atoms with Crippen LogP contribution in [0.4, 0.5) is 0 Å². The third-order valence-corrected chi connectivity index (χ3v) is 25.5. The molecule has 2 aliphatic heterocycles. The number of carboxylic acids is 1. The van der Waals surface area contributed by atoms with E-state index in [1.807, 2.05) is 0 Å². The van der Waals surface area contributed by atoms with E-state index in [9.17, 15) is 96.5 Å². The van der Waals surface area contributed by atoms with Gasteiger partial charge in [0.25, 0.3) is 0 Å². The van der Waals surface area contributed by atoms with Crippen LogP contribution in [0.3, 0.4) is 0 Å². The van der Waals surface area contributed by atoms with Gasteiger partial charge >= 0.3 is 5.97 Å². The number of likely N-dealkylation sites (tertiary alicyclic amines) is 1. The normalized spacial score (nSPS) is 19.2. The molecule has 19 atom stereocenters. The van der Waals surface area contributed by atoms with E-state index in [-0.39, 0.29) is 190 Å². The van der Waals surface area contributed by atoms with Crippen molar-refractivity contribution in [3.63, 3.8) is 0 Å². The van der Waals surface area contributed by atoms with Crippen molar-refractivity contribution in [1.82, 2.24) is 105 Å². The molecule has 0 aliphatic carbocycles. The number of thioether (sulfide) groups is 1. The molecule has 1 saturated heterocycles. The maximum Gasteiger partial charge on any atom is 0.326 e. The molecule has 150 heavy (non-hydrogen) atoms. The number of aliphatic carboxylic acids is 1. The minimum atomic E-state index is -1.77. The highest BCUT2D eigenvalue weighted by atomic mass is 32.2. The lowest BCUT2D eigenvalue weighted by Gasteiger charge is -2.33. The van der Waals surface area contributed by atoms with Crippen molar-refractivity contribution in [3.8, 4) is 0 Å². The number of carbonyl (C=O) groups excluding carboxylic acids is 20. The number of hydrogen-bond acceptors (Lipinski definition) is 28. The van der Waals surface area contributed by atoms with Gasteiger partial charge in [-0.1, -0.05) is 80.9 Å². The fourth-order valence-electron chi connectivity index (χ4n) is 16.3. The van der Waals surface area contributed by atoms with Crippen molar-refractivity contribution in [2.24, 2.45) is 79.5 Å². The van der Waals surface area contributed by atoms with Gasteiger partial charge < -0.3 is 156 Å². The predicted molar refractivity (Wildman–Crippen MR) is 557 cm³/mol. The van der Waals surface area contributed by atoms with E-state index >= 15 is 14.4 Å². The van der Waals surface area contributed by atoms with Crippen LogP contribution < -0.4 is 136 Å². The number of H-pyrrole nitrogens is 1. The van der Waals surface area contributed by atoms with Crippen LogP contribution in [0.1, 0.15) is 249 Å². The van der Waals surface area contributed by atoms with E-state index in [0.29, 0.717) is 31.6 Å². The zero-order valence-electron chi connectivity index (χ0n) is 88.3. The molecule has 3 rings (SSSR count). The monoisotopic (exact) mass is 2140 g/mol. The van der Waals surface area contributed by atoms with E-state index < -0.39 is 271 Å². The summed E-state index contributed by atoms with van der Waals surface area (Å²) in [4.78, 5) is 313. The summed E-state index contributed by atoms with van der Waals surface area (Å²) in [6.45, 7) is 16.7. The number of carboxylic acid groups (broad SMARTS) is 1. The van der Waals surface area contributed by atoms with Crippen LogP contribution in [0.5, 0.6) is 0 Å². The number of aromatic amines is 1. The van der Waals surface area contributed by atoms with Crippen LogP contribution in [-0.4, -0.2) is 321 Å². The first-order chi connectivity index (χ1) is 70.9. The molecule has 2 aliphatic rings. The number of amides is 20. The van der Waals surface area contributed by atoms with E-state index in [4.69, 9.17) is 45.9 Å². The minimum absolute atomic E-state index is 0.00452. The van der Waals surface area contributed by atoms with E-state index in [0.717, 1.165) is 0 Å². The van der Waals surface area contributed by atoms with Crippen LogP contribution >= 0.6 is 11.8 Å². The first-order valence-electron chi connectivity index (χ1n) is 51.4. The van der Waals surface area contributed by atoms with E-state index in [1.54, 1.807) is 80.7 Å². The first-order valence-corrected chi connectivity index (χ1v) is 52.8. The summed E-state index contributed by atoms with van der Waals surface area (Å²) in [5, 5.41) is 65.1. The number of aromatic nitrogens is 2. The molecule has 54 heteroatoms. The highest BCUT2D eigenvalue weighted by molar-refractivity contribution is 7.98. The second-order valence-corrected chi connectivity index (χ2v) is 39.8. The lowest BCUT2D eigenvalue weighted by Crippen LogP contribution is -2.61. The lowest BCUT2D eigenvalue weighted by molar-refractivity contribution is -0.144. The molecule has 1 aromatic heterocycles. The minimum Gasteiger partial charge on any atom is -0.480 e. The summed E-state index contributed by atoms with van der Waals surface area (Å²) in [5.74, 6) is -21.6. The van der Waals surface area contributed by atoms with E-state index in [1.165, 1.54) is 43.0 Å². The average molecular weight is 2140 g/mol. The highest BCUT2D eigenvalue weighted by Crippen LogP contribution is 2.24. The number of aliphatic hydroxyl groups excluding tert-OH is 1. The van der Waals surface area contributed by atoms with Crippen molar-refractivity contribution >= 4 is 148 Å². The maximum absolute atomic E-state index is 15.1. The number of unbranched alkanes of at least 4 members (excludes halogenated alkanes) is 2. The molecule has 1 aromatic rings. The number of primary amides is 2. The van der Waals surface area contributed by atoms with Crippen molar-refractivity contribution in [2.45, 2.75) is 358 Å². The van der Waals surface area contributed by atoms with Gasteiger partial charge in [-0.25, -0.2) is 9.78 Å². The molecular formula is C96H166N30O23S. The molecule has 1 fully saturated rings. The number of allylic oxidation sites excluding steroid dienone is 2. The zero-order chi connectivity index (χ0) is 113. The van der Waals surface area contributed by atoms with Crippen LogP contribution in [0, 0.1) is 23.7 Å². The summed E-state index contributed by atoms with van der Waals surface area (Å²) in [5.41, 5.74) is 45.6. The van der Waals surface area contributed by atoms with Gasteiger partial charge in [0.15, 0.2) is 11.9 Å². The molecule has 36 N–H and O–H groups in total. The van der Waals surface area contributed by atoms with Crippen molar-refractivity contribution in [1.29, 1.82) is 0 Å². The smallest absolute Gasteiger partial charge is 0.326 e. The largest absolute Gasteiger partial charge is 0.480 e. The van der Waals surface area contributed by atoms with Gasteiger partial charge in [0.05, 0.1) is 25.0 Å². The third kappa shape index (κ3) is 48.9. The van der Waals surface area contributed by atoms with Crippen LogP contribution in [0.15, 0.2) is 34.7 Å². The first kappa shape index (κ1) is 131. The lowest BCUT2D eigenvalue weighted by atomic mass is 9.96. The van der Waals surface area contributed by atoms with Crippen LogP contribution in [-0.2, 0) is 107 Å². The Balaban J connectivity index is 2.10. The molecule has 844 valence electrons. The number of nitrogens with one attached hydrogen (secondary N) is 18. The van der Waals surface area contributed by atoms with Crippen molar-refractivity contribution in [2.75, 3.05) is 51.3 Å². The number of carbonyl (C=O) groups is 21. The summed E-state index contributed by atoms with van der Waals surface area (Å²) in [6.07, 6.45) is 7.81. The number of aliphatic imine (C=N–C) groups is 2. The summed E-state index contributed by atoms with van der Waals surface area (Å²) >= 11 is 1.37. The number of rotatable bonds is 62. The summed E-state index contributed by atoms with van der Waals surface area (Å²) in [7, 11) is 0. The molecule has 0 spiro atoms. The Labute approximate surface area is 879 Å². The van der Waals surface area contributed by atoms with Crippen LogP contribution in [0.25, 0.3) is 0 Å². The van der Waals surface area contributed by atoms with Gasteiger partial charge in [0.1, 0.15) is 109 Å². The average Bonchev–Trinajstić information content (AvgIpc) is 1.64. The fourth-order valence-corrected chi connectivity index (χ4v) is 16.8. The van der Waals surface area contributed by atoms with Gasteiger partial charge in [-0.05, 0) is 203 Å². The second-order valence-electron chi connectivity index (χ2n) is 38.8. The molecule has 0 saturated carbocycles. The molecule has 0 radical (unpaired) electrons. The van der Waals surface area contributed by atoms with Crippen molar-refractivity contribution < 1.29 is 111 Å². The summed E-state index contributed by atoms with van der Waals surface area (Å²) in [6, 6.07) is -26.4. The Hall–Kier alpha value is -13.4. The van der Waals surface area contributed by atoms with E-state index in [2.05, 4.69) is 110 Å². The number of aliphatic hydroxyl groups is 1. The van der Waals surface area contributed by atoms with Gasteiger partial charge in [-0.3, -0.25) is 106 Å². The number of nitrogens with zero attached hydrogens (tertiary/aromatic N) is 4. The third-order valence-electron chi connectivity index (χ3n) is 24.9. The van der Waals surface area contributed by atoms with Gasteiger partial charge in [-0.15, -0.1) is 0 Å². The molecule has 0 aromatic carbocycles. The quantitative estimate of drug-likeness (QED) is 0.0125. The van der Waals surface area contributed by atoms with Crippen molar-refractivity contribution in [3.05, 3.63) is 30.4 Å².